The average Bonchev–Trinajstić information content (AvgIpc) is 2.87. The molecule has 1 aliphatic heterocycles. The maximum Gasteiger partial charge on any atom is 0.169 e. The maximum atomic E-state index is 6.01. The molecule has 0 radical (unpaired) electrons. The molecule has 4 nitrogen and oxygen atoms in total. The van der Waals surface area contributed by atoms with Crippen LogP contribution in [0.15, 0.2) is 34.9 Å². The summed E-state index contributed by atoms with van der Waals surface area (Å²) in [7, 11) is 0. The van der Waals surface area contributed by atoms with E-state index in [1.807, 2.05) is 36.0 Å². The summed E-state index contributed by atoms with van der Waals surface area (Å²) in [6, 6.07) is 9.58. The van der Waals surface area contributed by atoms with Crippen molar-refractivity contribution in [1.29, 1.82) is 0 Å². The van der Waals surface area contributed by atoms with Crippen molar-refractivity contribution in [2.24, 2.45) is 0 Å². The summed E-state index contributed by atoms with van der Waals surface area (Å²) >= 11 is 1.96. The Balaban J connectivity index is 1.75. The second-order valence-electron chi connectivity index (χ2n) is 4.60. The van der Waals surface area contributed by atoms with Gasteiger partial charge in [-0.2, -0.15) is 11.8 Å². The van der Waals surface area contributed by atoms with Gasteiger partial charge in [0.05, 0.1) is 0 Å². The number of anilines is 1. The fraction of sp³-hybridized carbons (Fsp3) is 0.357. The molecule has 1 unspecified atom stereocenters. The quantitative estimate of drug-likeness (QED) is 0.932. The van der Waals surface area contributed by atoms with Crippen molar-refractivity contribution in [3.8, 4) is 17.1 Å². The van der Waals surface area contributed by atoms with Crippen LogP contribution < -0.4 is 10.5 Å². The predicted octanol–water partition coefficient (Wildman–Crippen LogP) is 3.20. The van der Waals surface area contributed by atoms with E-state index in [0.29, 0.717) is 17.7 Å². The Morgan fingerprint density at radius 1 is 1.37 bits per heavy atom. The Hall–Kier alpha value is -1.62. The number of benzene rings is 1. The molecule has 100 valence electrons. The van der Waals surface area contributed by atoms with Gasteiger partial charge in [-0.25, -0.2) is 0 Å². The summed E-state index contributed by atoms with van der Waals surface area (Å²) < 4.78 is 11.2. The first-order valence-corrected chi connectivity index (χ1v) is 7.54. The van der Waals surface area contributed by atoms with E-state index in [1.54, 1.807) is 6.07 Å². The van der Waals surface area contributed by atoms with Crippen molar-refractivity contribution in [2.45, 2.75) is 18.9 Å². The highest BCUT2D eigenvalue weighted by Crippen LogP contribution is 2.27. The Morgan fingerprint density at radius 3 is 3.05 bits per heavy atom. The molecule has 0 saturated carbocycles. The number of hydrogen-bond acceptors (Lipinski definition) is 5. The first-order chi connectivity index (χ1) is 9.31. The predicted molar refractivity (Wildman–Crippen MR) is 77.3 cm³/mol. The zero-order chi connectivity index (χ0) is 13.1. The Morgan fingerprint density at radius 2 is 2.32 bits per heavy atom. The summed E-state index contributed by atoms with van der Waals surface area (Å²) in [5.74, 6) is 4.25. The molecule has 2 N–H and O–H groups in total. The number of nitrogens with zero attached hydrogens (tertiary/aromatic N) is 1. The fourth-order valence-corrected chi connectivity index (χ4v) is 3.18. The third-order valence-corrected chi connectivity index (χ3v) is 4.25. The van der Waals surface area contributed by atoms with Crippen LogP contribution in [0, 0.1) is 0 Å². The van der Waals surface area contributed by atoms with Crippen LogP contribution in [0.3, 0.4) is 0 Å². The van der Waals surface area contributed by atoms with Gasteiger partial charge in [-0.15, -0.1) is 0 Å². The van der Waals surface area contributed by atoms with Crippen molar-refractivity contribution in [3.63, 3.8) is 0 Å². The summed E-state index contributed by atoms with van der Waals surface area (Å²) in [5.41, 5.74) is 6.50. The van der Waals surface area contributed by atoms with Gasteiger partial charge in [0.2, 0.25) is 0 Å². The molecule has 2 aromatic rings. The lowest BCUT2D eigenvalue weighted by molar-refractivity contribution is 0.211. The highest BCUT2D eigenvalue weighted by atomic mass is 32.2. The molecule has 1 fully saturated rings. The second kappa shape index (κ2) is 5.57. The number of aromatic nitrogens is 1. The van der Waals surface area contributed by atoms with Crippen molar-refractivity contribution in [1.82, 2.24) is 5.16 Å². The van der Waals surface area contributed by atoms with Crippen LogP contribution in [0.1, 0.15) is 12.8 Å². The van der Waals surface area contributed by atoms with E-state index < -0.39 is 0 Å². The molecule has 5 heteroatoms. The lowest BCUT2D eigenvalue weighted by Crippen LogP contribution is -2.23. The molecule has 0 bridgehead atoms. The monoisotopic (exact) mass is 276 g/mol. The van der Waals surface area contributed by atoms with Crippen LogP contribution in [-0.2, 0) is 0 Å². The Labute approximate surface area is 116 Å². The first-order valence-electron chi connectivity index (χ1n) is 6.38. The van der Waals surface area contributed by atoms with Crippen molar-refractivity contribution >= 4 is 17.6 Å². The topological polar surface area (TPSA) is 61.3 Å². The molecule has 19 heavy (non-hydrogen) atoms. The van der Waals surface area contributed by atoms with E-state index in [-0.39, 0.29) is 0 Å². The van der Waals surface area contributed by atoms with E-state index in [2.05, 4.69) is 5.16 Å². The molecule has 0 spiro atoms. The molecule has 1 saturated heterocycles. The van der Waals surface area contributed by atoms with Gasteiger partial charge in [0.25, 0.3) is 0 Å². The summed E-state index contributed by atoms with van der Waals surface area (Å²) in [4.78, 5) is 0. The molecule has 1 atom stereocenters. The highest BCUT2D eigenvalue weighted by Gasteiger charge is 2.15. The number of rotatable bonds is 3. The molecular formula is C14H16N2O2S. The Bertz CT molecular complexity index is 550. The molecular weight excluding hydrogens is 260 g/mol. The first kappa shape index (κ1) is 12.4. The van der Waals surface area contributed by atoms with Gasteiger partial charge in [0, 0.05) is 17.4 Å². The van der Waals surface area contributed by atoms with E-state index in [4.69, 9.17) is 15.0 Å². The molecule has 0 amide bonds. The summed E-state index contributed by atoms with van der Waals surface area (Å²) in [6.45, 7) is 0. The van der Waals surface area contributed by atoms with Gasteiger partial charge < -0.3 is 15.0 Å². The minimum atomic E-state index is 0.314. The molecule has 1 aliphatic rings. The van der Waals surface area contributed by atoms with Gasteiger partial charge in [-0.3, -0.25) is 0 Å². The fourth-order valence-electron chi connectivity index (χ4n) is 2.14. The van der Waals surface area contributed by atoms with Crippen molar-refractivity contribution in [3.05, 3.63) is 30.3 Å². The Kier molecular flexibility index (Phi) is 3.64. The highest BCUT2D eigenvalue weighted by molar-refractivity contribution is 7.99. The zero-order valence-electron chi connectivity index (χ0n) is 10.5. The normalized spacial score (nSPS) is 19.3. The molecule has 2 heterocycles. The van der Waals surface area contributed by atoms with Gasteiger partial charge in [-0.1, -0.05) is 17.3 Å². The lowest BCUT2D eigenvalue weighted by Gasteiger charge is -2.22. The minimum absolute atomic E-state index is 0.314. The molecule has 1 aromatic carbocycles. The summed E-state index contributed by atoms with van der Waals surface area (Å²) in [6.07, 6.45) is 2.67. The average molecular weight is 276 g/mol. The maximum absolute atomic E-state index is 6.01. The number of thioether (sulfide) groups is 1. The van der Waals surface area contributed by atoms with Crippen LogP contribution in [0.2, 0.25) is 0 Å². The lowest BCUT2D eigenvalue weighted by atomic mass is 10.1. The minimum Gasteiger partial charge on any atom is -0.490 e. The largest absolute Gasteiger partial charge is 0.490 e. The van der Waals surface area contributed by atoms with E-state index in [0.717, 1.165) is 23.5 Å². The number of ether oxygens (including phenoxy) is 1. The number of hydrogen-bond donors (Lipinski definition) is 1. The van der Waals surface area contributed by atoms with E-state index in [1.165, 1.54) is 12.2 Å². The number of nitrogen functional groups attached to an aromatic ring is 1. The van der Waals surface area contributed by atoms with E-state index >= 15 is 0 Å². The van der Waals surface area contributed by atoms with Crippen molar-refractivity contribution < 1.29 is 9.26 Å². The van der Waals surface area contributed by atoms with Crippen LogP contribution in [0.5, 0.6) is 5.75 Å². The third kappa shape index (κ3) is 3.04. The molecule has 1 aromatic heterocycles. The van der Waals surface area contributed by atoms with Crippen LogP contribution >= 0.6 is 11.8 Å². The summed E-state index contributed by atoms with van der Waals surface area (Å²) in [5, 5.41) is 3.70. The zero-order valence-corrected chi connectivity index (χ0v) is 11.4. The second-order valence-corrected chi connectivity index (χ2v) is 5.75. The number of nitrogens with two attached hydrogens (primary N) is 1. The van der Waals surface area contributed by atoms with Gasteiger partial charge in [0.1, 0.15) is 11.9 Å². The molecule has 0 aliphatic carbocycles. The third-order valence-electron chi connectivity index (χ3n) is 3.07. The molecule has 3 rings (SSSR count). The standard InChI is InChI=1S/C14H16N2O2S/c15-14-8-13(18-16-14)10-3-1-4-11(7-10)17-12-5-2-6-19-9-12/h1,3-4,7-8,12H,2,5-6,9H2,(H2,15,16). The van der Waals surface area contributed by atoms with Crippen LogP contribution in [0.4, 0.5) is 5.82 Å². The van der Waals surface area contributed by atoms with Gasteiger partial charge in [0.15, 0.2) is 11.6 Å². The van der Waals surface area contributed by atoms with E-state index in [9.17, 15) is 0 Å². The van der Waals surface area contributed by atoms with Crippen LogP contribution in [0.25, 0.3) is 11.3 Å². The van der Waals surface area contributed by atoms with Gasteiger partial charge >= 0.3 is 0 Å². The smallest absolute Gasteiger partial charge is 0.169 e. The van der Waals surface area contributed by atoms with Crippen molar-refractivity contribution in [2.75, 3.05) is 17.2 Å². The van der Waals surface area contributed by atoms with Crippen LogP contribution in [-0.4, -0.2) is 22.8 Å². The SMILES string of the molecule is Nc1cc(-c2cccc(OC3CCCSC3)c2)on1. The van der Waals surface area contributed by atoms with Gasteiger partial charge in [-0.05, 0) is 30.7 Å².